The van der Waals surface area contributed by atoms with Crippen LogP contribution in [0.1, 0.15) is 21.5 Å². The van der Waals surface area contributed by atoms with Gasteiger partial charge in [-0.25, -0.2) is 0 Å². The molecular weight excluding hydrogens is 460 g/mol. The van der Waals surface area contributed by atoms with E-state index in [0.717, 1.165) is 40.3 Å². The molecule has 0 aliphatic carbocycles. The van der Waals surface area contributed by atoms with Crippen molar-refractivity contribution in [2.75, 3.05) is 24.3 Å². The van der Waals surface area contributed by atoms with E-state index in [0.29, 0.717) is 12.1 Å². The number of ether oxygens (including phenoxy) is 1. The lowest BCUT2D eigenvalue weighted by Gasteiger charge is -2.31. The van der Waals surface area contributed by atoms with Gasteiger partial charge >= 0.3 is 0 Å². The second kappa shape index (κ2) is 9.58. The number of rotatable bonds is 6. The van der Waals surface area contributed by atoms with Crippen LogP contribution in [0.2, 0.25) is 0 Å². The van der Waals surface area contributed by atoms with Crippen LogP contribution in [0.5, 0.6) is 5.75 Å². The molecule has 0 bridgehead atoms. The van der Waals surface area contributed by atoms with E-state index in [1.807, 2.05) is 48.2 Å². The summed E-state index contributed by atoms with van der Waals surface area (Å²) in [5.74, 6) is 1.72. The second-order valence-corrected chi connectivity index (χ2v) is 9.13. The summed E-state index contributed by atoms with van der Waals surface area (Å²) in [7, 11) is 1.64. The van der Waals surface area contributed by atoms with E-state index < -0.39 is 0 Å². The van der Waals surface area contributed by atoms with Gasteiger partial charge in [0.1, 0.15) is 5.75 Å². The summed E-state index contributed by atoms with van der Waals surface area (Å²) in [6, 6.07) is 22.2. The Morgan fingerprint density at radius 3 is 2.77 bits per heavy atom. The zero-order valence-corrected chi connectivity index (χ0v) is 19.1. The van der Waals surface area contributed by atoms with Gasteiger partial charge in [-0.05, 0) is 42.0 Å². The zero-order chi connectivity index (χ0) is 20.9. The third-order valence-corrected chi connectivity index (χ3v) is 6.61. The van der Waals surface area contributed by atoms with Crippen molar-refractivity contribution in [3.8, 4) is 5.75 Å². The van der Waals surface area contributed by atoms with Crippen LogP contribution in [-0.2, 0) is 13.1 Å². The number of amides is 1. The number of benzene rings is 3. The van der Waals surface area contributed by atoms with Gasteiger partial charge in [-0.15, -0.1) is 11.8 Å². The van der Waals surface area contributed by atoms with Crippen molar-refractivity contribution < 1.29 is 9.53 Å². The molecule has 0 saturated heterocycles. The molecule has 1 N–H and O–H groups in total. The number of nitrogens with zero attached hydrogens (tertiary/aromatic N) is 1. The lowest BCUT2D eigenvalue weighted by atomic mass is 10.1. The van der Waals surface area contributed by atoms with Crippen molar-refractivity contribution in [2.45, 2.75) is 18.0 Å². The van der Waals surface area contributed by atoms with Gasteiger partial charge in [0.15, 0.2) is 0 Å². The average molecular weight is 483 g/mol. The SMILES string of the molecule is COc1ccc(Br)cc1CNC(=O)c1ccc2c(c1)N(Cc1ccccc1)CCS2. The molecule has 4 nitrogen and oxygen atoms in total. The summed E-state index contributed by atoms with van der Waals surface area (Å²) < 4.78 is 6.36. The smallest absolute Gasteiger partial charge is 0.251 e. The molecule has 3 aromatic rings. The van der Waals surface area contributed by atoms with E-state index in [1.165, 1.54) is 10.5 Å². The molecule has 0 saturated carbocycles. The number of hydrogen-bond donors (Lipinski definition) is 1. The molecule has 0 radical (unpaired) electrons. The van der Waals surface area contributed by atoms with Gasteiger partial charge in [0.25, 0.3) is 5.91 Å². The molecule has 4 rings (SSSR count). The number of anilines is 1. The fourth-order valence-electron chi connectivity index (χ4n) is 3.54. The van der Waals surface area contributed by atoms with Crippen LogP contribution in [-0.4, -0.2) is 25.3 Å². The number of carbonyl (C=O) groups is 1. The first-order chi connectivity index (χ1) is 14.6. The van der Waals surface area contributed by atoms with E-state index in [-0.39, 0.29) is 5.91 Å². The summed E-state index contributed by atoms with van der Waals surface area (Å²) in [5, 5.41) is 3.02. The van der Waals surface area contributed by atoms with Gasteiger partial charge in [-0.3, -0.25) is 4.79 Å². The third kappa shape index (κ3) is 4.82. The van der Waals surface area contributed by atoms with Crippen molar-refractivity contribution in [1.29, 1.82) is 0 Å². The number of nitrogens with one attached hydrogen (secondary N) is 1. The highest BCUT2D eigenvalue weighted by atomic mass is 79.9. The highest BCUT2D eigenvalue weighted by molar-refractivity contribution is 9.10. The Morgan fingerprint density at radius 2 is 1.97 bits per heavy atom. The van der Waals surface area contributed by atoms with Crippen LogP contribution >= 0.6 is 27.7 Å². The summed E-state index contributed by atoms with van der Waals surface area (Å²) in [5.41, 5.74) is 4.00. The number of thioether (sulfide) groups is 1. The van der Waals surface area contributed by atoms with Gasteiger partial charge in [0, 0.05) is 45.9 Å². The normalized spacial score (nSPS) is 12.9. The molecule has 0 atom stereocenters. The van der Waals surface area contributed by atoms with Crippen molar-refractivity contribution in [1.82, 2.24) is 5.32 Å². The van der Waals surface area contributed by atoms with Crippen molar-refractivity contribution >= 4 is 39.3 Å². The Labute approximate surface area is 189 Å². The minimum atomic E-state index is -0.0879. The van der Waals surface area contributed by atoms with Crippen LogP contribution in [0.25, 0.3) is 0 Å². The molecule has 1 amide bonds. The molecule has 0 unspecified atom stereocenters. The topological polar surface area (TPSA) is 41.6 Å². The van der Waals surface area contributed by atoms with E-state index in [2.05, 4.69) is 56.5 Å². The highest BCUT2D eigenvalue weighted by Crippen LogP contribution is 2.36. The minimum Gasteiger partial charge on any atom is -0.496 e. The summed E-state index contributed by atoms with van der Waals surface area (Å²) >= 11 is 5.32. The molecule has 1 aliphatic heterocycles. The van der Waals surface area contributed by atoms with Crippen LogP contribution in [0.3, 0.4) is 0 Å². The number of hydrogen-bond acceptors (Lipinski definition) is 4. The molecule has 30 heavy (non-hydrogen) atoms. The number of halogens is 1. The van der Waals surface area contributed by atoms with Gasteiger partial charge in [-0.2, -0.15) is 0 Å². The molecular formula is C24H23BrN2O2S. The van der Waals surface area contributed by atoms with E-state index in [9.17, 15) is 4.79 Å². The van der Waals surface area contributed by atoms with Crippen molar-refractivity contribution in [2.24, 2.45) is 0 Å². The van der Waals surface area contributed by atoms with Crippen LogP contribution in [0, 0.1) is 0 Å². The molecule has 1 aliphatic rings. The third-order valence-electron chi connectivity index (χ3n) is 5.08. The number of fused-ring (bicyclic) bond motifs is 1. The van der Waals surface area contributed by atoms with Crippen molar-refractivity contribution in [3.63, 3.8) is 0 Å². The standard InChI is InChI=1S/C24H23BrN2O2S/c1-29-22-9-8-20(25)13-19(22)15-26-24(28)18-7-10-23-21(14-18)27(11-12-30-23)16-17-5-3-2-4-6-17/h2-10,13-14H,11-12,15-16H2,1H3,(H,26,28). The Balaban J connectivity index is 1.51. The lowest BCUT2D eigenvalue weighted by molar-refractivity contribution is 0.0950. The summed E-state index contributed by atoms with van der Waals surface area (Å²) in [4.78, 5) is 16.4. The zero-order valence-electron chi connectivity index (χ0n) is 16.7. The largest absolute Gasteiger partial charge is 0.496 e. The van der Waals surface area contributed by atoms with Crippen LogP contribution in [0.15, 0.2) is 76.1 Å². The van der Waals surface area contributed by atoms with Crippen LogP contribution in [0.4, 0.5) is 5.69 Å². The van der Waals surface area contributed by atoms with Crippen molar-refractivity contribution in [3.05, 3.63) is 87.9 Å². The van der Waals surface area contributed by atoms with E-state index in [4.69, 9.17) is 4.74 Å². The molecule has 3 aromatic carbocycles. The fourth-order valence-corrected chi connectivity index (χ4v) is 4.99. The van der Waals surface area contributed by atoms with Gasteiger partial charge in [0.05, 0.1) is 12.8 Å². The van der Waals surface area contributed by atoms with Gasteiger partial charge < -0.3 is 15.0 Å². The maximum Gasteiger partial charge on any atom is 0.251 e. The molecule has 0 aromatic heterocycles. The van der Waals surface area contributed by atoms with E-state index >= 15 is 0 Å². The monoisotopic (exact) mass is 482 g/mol. The second-order valence-electron chi connectivity index (χ2n) is 7.08. The quantitative estimate of drug-likeness (QED) is 0.503. The summed E-state index contributed by atoms with van der Waals surface area (Å²) in [6.45, 7) is 2.21. The molecule has 6 heteroatoms. The Kier molecular flexibility index (Phi) is 6.65. The van der Waals surface area contributed by atoms with Gasteiger partial charge in [0.2, 0.25) is 0 Å². The first-order valence-electron chi connectivity index (χ1n) is 9.80. The van der Waals surface area contributed by atoms with E-state index in [1.54, 1.807) is 7.11 Å². The fraction of sp³-hybridized carbons (Fsp3) is 0.208. The molecule has 0 fully saturated rings. The lowest BCUT2D eigenvalue weighted by Crippen LogP contribution is -2.29. The van der Waals surface area contributed by atoms with Gasteiger partial charge in [-0.1, -0.05) is 46.3 Å². The Morgan fingerprint density at radius 1 is 1.13 bits per heavy atom. The number of carbonyl (C=O) groups excluding carboxylic acids is 1. The number of methoxy groups -OCH3 is 1. The predicted octanol–water partition coefficient (Wildman–Crippen LogP) is 5.50. The Bertz CT molecular complexity index is 1040. The highest BCUT2D eigenvalue weighted by Gasteiger charge is 2.20. The first-order valence-corrected chi connectivity index (χ1v) is 11.6. The van der Waals surface area contributed by atoms with Crippen LogP contribution < -0.4 is 15.0 Å². The minimum absolute atomic E-state index is 0.0879. The predicted molar refractivity (Wildman–Crippen MR) is 127 cm³/mol. The first kappa shape index (κ1) is 20.8. The molecule has 0 spiro atoms. The molecule has 154 valence electrons. The maximum atomic E-state index is 12.9. The average Bonchev–Trinajstić information content (AvgIpc) is 2.78. The molecule has 1 heterocycles. The summed E-state index contributed by atoms with van der Waals surface area (Å²) in [6.07, 6.45) is 0. The Hall–Kier alpha value is -2.44. The maximum absolute atomic E-state index is 12.9.